The summed E-state index contributed by atoms with van der Waals surface area (Å²) in [6.45, 7) is 1.94. The zero-order chi connectivity index (χ0) is 26.0. The van der Waals surface area contributed by atoms with Crippen LogP contribution in [0.5, 0.6) is 11.5 Å². The maximum absolute atomic E-state index is 12.5. The van der Waals surface area contributed by atoms with Crippen LogP contribution in [0.4, 0.5) is 5.69 Å². The molecule has 0 fully saturated rings. The van der Waals surface area contributed by atoms with E-state index < -0.39 is 17.7 Å². The first kappa shape index (κ1) is 25.1. The van der Waals surface area contributed by atoms with Gasteiger partial charge >= 0.3 is 0 Å². The van der Waals surface area contributed by atoms with Gasteiger partial charge in [-0.15, -0.1) is 0 Å². The molecule has 3 N–H and O–H groups in total. The third kappa shape index (κ3) is 7.22. The van der Waals surface area contributed by atoms with Crippen molar-refractivity contribution in [1.82, 2.24) is 10.9 Å². The first-order chi connectivity index (χ1) is 18.0. The van der Waals surface area contributed by atoms with Crippen LogP contribution in [0, 0.1) is 6.92 Å². The summed E-state index contributed by atoms with van der Waals surface area (Å²) in [6, 6.07) is 24.6. The zero-order valence-electron chi connectivity index (χ0n) is 20.0. The minimum atomic E-state index is -0.554. The van der Waals surface area contributed by atoms with E-state index in [1.54, 1.807) is 49.4 Å². The highest BCUT2D eigenvalue weighted by Crippen LogP contribution is 2.19. The van der Waals surface area contributed by atoms with Crippen LogP contribution in [0.15, 0.2) is 95.6 Å². The number of nitrogens with one attached hydrogen (secondary N) is 3. The Morgan fingerprint density at radius 1 is 0.784 bits per heavy atom. The summed E-state index contributed by atoms with van der Waals surface area (Å²) >= 11 is 0. The Morgan fingerprint density at radius 3 is 2.22 bits per heavy atom. The number of rotatable bonds is 9. The van der Waals surface area contributed by atoms with Crippen molar-refractivity contribution in [3.8, 4) is 11.5 Å². The predicted octanol–water partition coefficient (Wildman–Crippen LogP) is 4.26. The van der Waals surface area contributed by atoms with E-state index in [-0.39, 0.29) is 17.9 Å². The fourth-order valence-electron chi connectivity index (χ4n) is 3.25. The summed E-state index contributed by atoms with van der Waals surface area (Å²) in [5, 5.41) is 2.70. The van der Waals surface area contributed by atoms with Gasteiger partial charge in [0.05, 0.1) is 6.26 Å². The molecule has 0 aliphatic heterocycles. The summed E-state index contributed by atoms with van der Waals surface area (Å²) in [6.07, 6.45) is 1.40. The fourth-order valence-corrected chi connectivity index (χ4v) is 3.25. The van der Waals surface area contributed by atoms with Crippen LogP contribution in [0.1, 0.15) is 32.0 Å². The number of hydrogen-bond donors (Lipinski definition) is 3. The minimum Gasteiger partial charge on any atom is -0.489 e. The van der Waals surface area contributed by atoms with E-state index in [9.17, 15) is 14.4 Å². The van der Waals surface area contributed by atoms with Crippen LogP contribution in [0.3, 0.4) is 0 Å². The van der Waals surface area contributed by atoms with Gasteiger partial charge in [0, 0.05) is 11.3 Å². The van der Waals surface area contributed by atoms with Gasteiger partial charge in [-0.1, -0.05) is 36.4 Å². The summed E-state index contributed by atoms with van der Waals surface area (Å²) in [5.74, 6) is -0.240. The van der Waals surface area contributed by atoms with Gasteiger partial charge in [0.2, 0.25) is 0 Å². The highest BCUT2D eigenvalue weighted by molar-refractivity contribution is 6.04. The molecule has 0 aliphatic rings. The van der Waals surface area contributed by atoms with Gasteiger partial charge in [-0.2, -0.15) is 0 Å². The zero-order valence-corrected chi connectivity index (χ0v) is 20.0. The van der Waals surface area contributed by atoms with Gasteiger partial charge in [-0.25, -0.2) is 0 Å². The molecule has 0 radical (unpaired) electrons. The van der Waals surface area contributed by atoms with Crippen molar-refractivity contribution in [2.75, 3.05) is 11.9 Å². The molecule has 0 aliphatic carbocycles. The maximum atomic E-state index is 12.5. The summed E-state index contributed by atoms with van der Waals surface area (Å²) in [5.41, 5.74) is 7.14. The molecule has 3 aromatic carbocycles. The number of aryl methyl sites for hydroxylation is 1. The van der Waals surface area contributed by atoms with E-state index in [2.05, 4.69) is 16.2 Å². The van der Waals surface area contributed by atoms with E-state index >= 15 is 0 Å². The lowest BCUT2D eigenvalue weighted by Gasteiger charge is -2.12. The number of ether oxygens (including phenoxy) is 2. The van der Waals surface area contributed by atoms with E-state index in [0.29, 0.717) is 23.8 Å². The largest absolute Gasteiger partial charge is 0.489 e. The third-order valence-corrected chi connectivity index (χ3v) is 5.25. The normalized spacial score (nSPS) is 10.3. The highest BCUT2D eigenvalue weighted by Gasteiger charge is 2.14. The molecule has 188 valence electrons. The van der Waals surface area contributed by atoms with Gasteiger partial charge in [-0.05, 0) is 66.6 Å². The summed E-state index contributed by atoms with van der Waals surface area (Å²) in [4.78, 5) is 36.9. The van der Waals surface area contributed by atoms with E-state index in [1.165, 1.54) is 18.4 Å². The molecule has 0 unspecified atom stereocenters. The molecule has 0 saturated heterocycles. The van der Waals surface area contributed by atoms with E-state index in [0.717, 1.165) is 11.1 Å². The second-order valence-electron chi connectivity index (χ2n) is 8.00. The standard InChI is InChI=1S/C28H25N3O6/c1-19-9-10-21(16-24(19)29-28(34)25-8-5-15-35-25)27(33)31-30-26(32)18-37-23-13-11-22(12-14-23)36-17-20-6-3-2-4-7-20/h2-16H,17-18H2,1H3,(H,29,34)(H,30,32)(H,31,33). The number of carbonyl (C=O) groups is 3. The first-order valence-corrected chi connectivity index (χ1v) is 11.4. The second-order valence-corrected chi connectivity index (χ2v) is 8.00. The Labute approximate surface area is 213 Å². The van der Waals surface area contributed by atoms with Crippen molar-refractivity contribution in [1.29, 1.82) is 0 Å². The molecule has 1 heterocycles. The molecule has 3 amide bonds. The Bertz CT molecular complexity index is 1350. The van der Waals surface area contributed by atoms with E-state index in [1.807, 2.05) is 30.3 Å². The SMILES string of the molecule is Cc1ccc(C(=O)NNC(=O)COc2ccc(OCc3ccccc3)cc2)cc1NC(=O)c1ccco1. The summed E-state index contributed by atoms with van der Waals surface area (Å²) < 4.78 is 16.3. The molecule has 0 bridgehead atoms. The van der Waals surface area contributed by atoms with Crippen molar-refractivity contribution in [2.24, 2.45) is 0 Å². The molecule has 0 spiro atoms. The topological polar surface area (TPSA) is 119 Å². The molecule has 4 aromatic rings. The summed E-state index contributed by atoms with van der Waals surface area (Å²) in [7, 11) is 0. The van der Waals surface area contributed by atoms with Crippen molar-refractivity contribution < 1.29 is 28.3 Å². The average molecular weight is 500 g/mol. The lowest BCUT2D eigenvalue weighted by Crippen LogP contribution is -2.43. The lowest BCUT2D eigenvalue weighted by molar-refractivity contribution is -0.123. The average Bonchev–Trinajstić information content (AvgIpc) is 3.47. The van der Waals surface area contributed by atoms with Gasteiger partial charge in [-0.3, -0.25) is 25.2 Å². The predicted molar refractivity (Wildman–Crippen MR) is 136 cm³/mol. The van der Waals surface area contributed by atoms with Crippen molar-refractivity contribution in [3.05, 3.63) is 114 Å². The molecule has 9 nitrogen and oxygen atoms in total. The van der Waals surface area contributed by atoms with Gasteiger partial charge in [0.15, 0.2) is 12.4 Å². The third-order valence-electron chi connectivity index (χ3n) is 5.25. The van der Waals surface area contributed by atoms with Crippen molar-refractivity contribution in [3.63, 3.8) is 0 Å². The quantitative estimate of drug-likeness (QED) is 0.296. The van der Waals surface area contributed by atoms with Crippen molar-refractivity contribution >= 4 is 23.4 Å². The number of hydrazine groups is 1. The number of furan rings is 1. The number of hydrogen-bond acceptors (Lipinski definition) is 6. The number of anilines is 1. The molecule has 0 saturated carbocycles. The van der Waals surface area contributed by atoms with Gasteiger partial charge in [0.1, 0.15) is 18.1 Å². The Kier molecular flexibility index (Phi) is 8.18. The molecular formula is C28H25N3O6. The fraction of sp³-hybridized carbons (Fsp3) is 0.107. The van der Waals surface area contributed by atoms with Crippen LogP contribution in [-0.2, 0) is 11.4 Å². The van der Waals surface area contributed by atoms with Crippen molar-refractivity contribution in [2.45, 2.75) is 13.5 Å². The van der Waals surface area contributed by atoms with Gasteiger partial charge < -0.3 is 19.2 Å². The first-order valence-electron chi connectivity index (χ1n) is 11.4. The number of benzene rings is 3. The lowest BCUT2D eigenvalue weighted by atomic mass is 10.1. The molecule has 37 heavy (non-hydrogen) atoms. The smallest absolute Gasteiger partial charge is 0.291 e. The second kappa shape index (κ2) is 12.1. The number of amides is 3. The minimum absolute atomic E-state index is 0.149. The van der Waals surface area contributed by atoms with Gasteiger partial charge in [0.25, 0.3) is 17.7 Å². The van der Waals surface area contributed by atoms with Crippen LogP contribution < -0.4 is 25.6 Å². The van der Waals surface area contributed by atoms with Crippen LogP contribution >= 0.6 is 0 Å². The Balaban J connectivity index is 1.22. The highest BCUT2D eigenvalue weighted by atomic mass is 16.5. The van der Waals surface area contributed by atoms with Crippen LogP contribution in [0.2, 0.25) is 0 Å². The maximum Gasteiger partial charge on any atom is 0.291 e. The monoisotopic (exact) mass is 499 g/mol. The molecule has 9 heteroatoms. The molecule has 1 aromatic heterocycles. The van der Waals surface area contributed by atoms with E-state index in [4.69, 9.17) is 13.9 Å². The number of carbonyl (C=O) groups excluding carboxylic acids is 3. The van der Waals surface area contributed by atoms with Crippen LogP contribution in [-0.4, -0.2) is 24.3 Å². The Morgan fingerprint density at radius 2 is 1.51 bits per heavy atom. The van der Waals surface area contributed by atoms with Crippen LogP contribution in [0.25, 0.3) is 0 Å². The Hall–Kier alpha value is -5.05. The molecular weight excluding hydrogens is 474 g/mol. The molecule has 4 rings (SSSR count). The molecule has 0 atom stereocenters.